The van der Waals surface area contributed by atoms with Gasteiger partial charge in [0.2, 0.25) is 0 Å². The number of amides is 2. The van der Waals surface area contributed by atoms with Gasteiger partial charge < -0.3 is 14.5 Å². The van der Waals surface area contributed by atoms with E-state index in [-0.39, 0.29) is 17.9 Å². The van der Waals surface area contributed by atoms with Gasteiger partial charge in [0.05, 0.1) is 17.9 Å². The van der Waals surface area contributed by atoms with Crippen molar-refractivity contribution >= 4 is 17.5 Å². The second kappa shape index (κ2) is 6.78. The number of ether oxygens (including phenoxy) is 1. The highest BCUT2D eigenvalue weighted by Gasteiger charge is 2.34. The van der Waals surface area contributed by atoms with Crippen LogP contribution < -0.4 is 14.5 Å². The second-order valence-corrected chi connectivity index (χ2v) is 6.46. The fraction of sp³-hybridized carbons (Fsp3) is 0.389. The molecule has 26 heavy (non-hydrogen) atoms. The molecule has 2 amide bonds. The van der Waals surface area contributed by atoms with Crippen LogP contribution in [-0.4, -0.2) is 59.7 Å². The standard InChI is InChI=1S/C18H20FN5O2/c1-13-12-26-16-10-14(19)2-3-15(16)24(13)18(25)23-8-6-22(7-9-23)17-11-20-4-5-21-17/h2-5,10-11,13H,6-9,12H2,1H3. The van der Waals surface area contributed by atoms with Gasteiger partial charge in [-0.1, -0.05) is 0 Å². The lowest BCUT2D eigenvalue weighted by Gasteiger charge is -2.41. The molecule has 0 saturated carbocycles. The zero-order valence-corrected chi connectivity index (χ0v) is 14.5. The van der Waals surface area contributed by atoms with Crippen molar-refractivity contribution in [2.45, 2.75) is 13.0 Å². The van der Waals surface area contributed by atoms with E-state index >= 15 is 0 Å². The number of urea groups is 1. The summed E-state index contributed by atoms with van der Waals surface area (Å²) in [5, 5.41) is 0. The lowest BCUT2D eigenvalue weighted by atomic mass is 10.1. The van der Waals surface area contributed by atoms with Crippen LogP contribution in [0.25, 0.3) is 0 Å². The second-order valence-electron chi connectivity index (χ2n) is 6.46. The van der Waals surface area contributed by atoms with Gasteiger partial charge in [-0.05, 0) is 19.1 Å². The summed E-state index contributed by atoms with van der Waals surface area (Å²) in [6.07, 6.45) is 5.04. The first-order valence-corrected chi connectivity index (χ1v) is 8.65. The van der Waals surface area contributed by atoms with Gasteiger partial charge in [-0.15, -0.1) is 0 Å². The molecule has 4 rings (SSSR count). The molecule has 0 N–H and O–H groups in total. The number of nitrogens with zero attached hydrogens (tertiary/aromatic N) is 5. The molecule has 3 heterocycles. The highest BCUT2D eigenvalue weighted by molar-refractivity contribution is 5.94. The topological polar surface area (TPSA) is 61.8 Å². The minimum atomic E-state index is -0.372. The van der Waals surface area contributed by atoms with Gasteiger partial charge >= 0.3 is 6.03 Å². The Morgan fingerprint density at radius 1 is 1.23 bits per heavy atom. The predicted molar refractivity (Wildman–Crippen MR) is 95.1 cm³/mol. The minimum Gasteiger partial charge on any atom is -0.489 e. The van der Waals surface area contributed by atoms with Crippen LogP contribution in [0.2, 0.25) is 0 Å². The minimum absolute atomic E-state index is 0.0764. The molecular formula is C18H20FN5O2. The smallest absolute Gasteiger partial charge is 0.325 e. The van der Waals surface area contributed by atoms with Gasteiger partial charge in [0.15, 0.2) is 0 Å². The molecule has 0 aliphatic carbocycles. The quantitative estimate of drug-likeness (QED) is 0.783. The number of piperazine rings is 1. The molecular weight excluding hydrogens is 337 g/mol. The summed E-state index contributed by atoms with van der Waals surface area (Å²) in [5.41, 5.74) is 0.617. The molecule has 1 aromatic heterocycles. The van der Waals surface area contributed by atoms with Gasteiger partial charge in [-0.2, -0.15) is 0 Å². The molecule has 0 radical (unpaired) electrons. The lowest BCUT2D eigenvalue weighted by Crippen LogP contribution is -2.56. The van der Waals surface area contributed by atoms with Crippen molar-refractivity contribution in [2.75, 3.05) is 42.6 Å². The molecule has 1 fully saturated rings. The van der Waals surface area contributed by atoms with Crippen LogP contribution in [0.4, 0.5) is 20.7 Å². The van der Waals surface area contributed by atoms with Crippen molar-refractivity contribution in [3.05, 3.63) is 42.6 Å². The Morgan fingerprint density at radius 2 is 2.04 bits per heavy atom. The molecule has 136 valence electrons. The van der Waals surface area contributed by atoms with E-state index in [1.807, 2.05) is 11.8 Å². The third kappa shape index (κ3) is 3.02. The zero-order valence-electron chi connectivity index (χ0n) is 14.5. The average Bonchev–Trinajstić information content (AvgIpc) is 2.68. The van der Waals surface area contributed by atoms with Crippen molar-refractivity contribution < 1.29 is 13.9 Å². The monoisotopic (exact) mass is 357 g/mol. The number of halogens is 1. The van der Waals surface area contributed by atoms with E-state index in [0.29, 0.717) is 44.2 Å². The first-order chi connectivity index (χ1) is 12.6. The molecule has 2 aromatic rings. The van der Waals surface area contributed by atoms with E-state index in [4.69, 9.17) is 4.74 Å². The Kier molecular flexibility index (Phi) is 4.32. The molecule has 7 nitrogen and oxygen atoms in total. The number of hydrogen-bond donors (Lipinski definition) is 0. The Balaban J connectivity index is 1.49. The van der Waals surface area contributed by atoms with E-state index in [1.165, 1.54) is 12.1 Å². The molecule has 1 aromatic carbocycles. The number of aromatic nitrogens is 2. The van der Waals surface area contributed by atoms with Gasteiger partial charge in [-0.3, -0.25) is 9.88 Å². The summed E-state index contributed by atoms with van der Waals surface area (Å²) in [4.78, 5) is 27.2. The summed E-state index contributed by atoms with van der Waals surface area (Å²) in [6.45, 7) is 4.85. The van der Waals surface area contributed by atoms with Crippen molar-refractivity contribution in [1.29, 1.82) is 0 Å². The largest absolute Gasteiger partial charge is 0.489 e. The van der Waals surface area contributed by atoms with Gasteiger partial charge in [-0.25, -0.2) is 14.2 Å². The number of fused-ring (bicyclic) bond motifs is 1. The Hall–Kier alpha value is -2.90. The first-order valence-electron chi connectivity index (χ1n) is 8.65. The highest BCUT2D eigenvalue weighted by atomic mass is 19.1. The van der Waals surface area contributed by atoms with Crippen molar-refractivity contribution in [2.24, 2.45) is 0 Å². The first kappa shape index (κ1) is 16.6. The van der Waals surface area contributed by atoms with Crippen LogP contribution in [0.1, 0.15) is 6.92 Å². The van der Waals surface area contributed by atoms with Gasteiger partial charge in [0.1, 0.15) is 24.0 Å². The summed E-state index contributed by atoms with van der Waals surface area (Å²) in [7, 11) is 0. The number of carbonyl (C=O) groups is 1. The summed E-state index contributed by atoms with van der Waals surface area (Å²) in [6, 6.07) is 4.10. The maximum Gasteiger partial charge on any atom is 0.325 e. The number of anilines is 2. The van der Waals surface area contributed by atoms with Crippen LogP contribution >= 0.6 is 0 Å². The van der Waals surface area contributed by atoms with Crippen LogP contribution in [0, 0.1) is 5.82 Å². The molecule has 0 bridgehead atoms. The molecule has 2 aliphatic heterocycles. The fourth-order valence-electron chi connectivity index (χ4n) is 3.35. The summed E-state index contributed by atoms with van der Waals surface area (Å²) in [5.74, 6) is 0.859. The fourth-order valence-corrected chi connectivity index (χ4v) is 3.35. The molecule has 8 heteroatoms. The third-order valence-electron chi connectivity index (χ3n) is 4.73. The van der Waals surface area contributed by atoms with Gasteiger partial charge in [0.25, 0.3) is 0 Å². The van der Waals surface area contributed by atoms with E-state index in [9.17, 15) is 9.18 Å². The van der Waals surface area contributed by atoms with E-state index in [2.05, 4.69) is 14.9 Å². The van der Waals surface area contributed by atoms with Crippen molar-refractivity contribution in [3.8, 4) is 5.75 Å². The number of benzene rings is 1. The predicted octanol–water partition coefficient (Wildman–Crippen LogP) is 2.15. The highest BCUT2D eigenvalue weighted by Crippen LogP contribution is 2.35. The lowest BCUT2D eigenvalue weighted by molar-refractivity contribution is 0.190. The molecule has 1 unspecified atom stereocenters. The molecule has 2 aliphatic rings. The van der Waals surface area contributed by atoms with Crippen LogP contribution in [-0.2, 0) is 0 Å². The van der Waals surface area contributed by atoms with Crippen LogP contribution in [0.3, 0.4) is 0 Å². The molecule has 1 atom stereocenters. The number of carbonyl (C=O) groups excluding carboxylic acids is 1. The van der Waals surface area contributed by atoms with Crippen LogP contribution in [0.5, 0.6) is 5.75 Å². The maximum atomic E-state index is 13.5. The van der Waals surface area contributed by atoms with Crippen molar-refractivity contribution in [3.63, 3.8) is 0 Å². The third-order valence-corrected chi connectivity index (χ3v) is 4.73. The average molecular weight is 357 g/mol. The summed E-state index contributed by atoms with van der Waals surface area (Å²) >= 11 is 0. The van der Waals surface area contributed by atoms with Gasteiger partial charge in [0, 0.05) is 44.6 Å². The zero-order chi connectivity index (χ0) is 18.1. The number of rotatable bonds is 1. The Morgan fingerprint density at radius 3 is 2.77 bits per heavy atom. The molecule has 0 spiro atoms. The number of hydrogen-bond acceptors (Lipinski definition) is 5. The summed E-state index contributed by atoms with van der Waals surface area (Å²) < 4.78 is 19.1. The Labute approximate surface area is 151 Å². The van der Waals surface area contributed by atoms with Crippen LogP contribution in [0.15, 0.2) is 36.8 Å². The van der Waals surface area contributed by atoms with E-state index in [0.717, 1.165) is 5.82 Å². The maximum absolute atomic E-state index is 13.5. The Bertz CT molecular complexity index is 795. The molecule has 1 saturated heterocycles. The SMILES string of the molecule is CC1COc2cc(F)ccc2N1C(=O)N1CCN(c2cnccn2)CC1. The normalized spacial score (nSPS) is 19.8. The van der Waals surface area contributed by atoms with E-state index in [1.54, 1.807) is 29.6 Å². The van der Waals surface area contributed by atoms with Crippen molar-refractivity contribution in [1.82, 2.24) is 14.9 Å². The van der Waals surface area contributed by atoms with E-state index < -0.39 is 0 Å².